The monoisotopic (exact) mass is 183 g/mol. The highest BCUT2D eigenvalue weighted by molar-refractivity contribution is 4.85. The number of hydrogen-bond acceptors (Lipinski definition) is 2. The van der Waals surface area contributed by atoms with Crippen LogP contribution in [0.15, 0.2) is 0 Å². The van der Waals surface area contributed by atoms with E-state index >= 15 is 0 Å². The van der Waals surface area contributed by atoms with Crippen LogP contribution in [0.2, 0.25) is 0 Å². The molecule has 1 rings (SSSR count). The molecule has 5 heteroatoms. The van der Waals surface area contributed by atoms with Crippen molar-refractivity contribution in [3.05, 3.63) is 0 Å². The second-order valence-electron chi connectivity index (χ2n) is 3.28. The van der Waals surface area contributed by atoms with Crippen LogP contribution in [-0.2, 0) is 4.74 Å². The van der Waals surface area contributed by atoms with E-state index < -0.39 is 18.4 Å². The standard InChI is InChI=1S/C7H12F3NO/c1-6(2-3-11-4-6)12-5-7(8,9)10/h11H,2-5H2,1H3. The number of hydrogen-bond donors (Lipinski definition) is 1. The second-order valence-corrected chi connectivity index (χ2v) is 3.28. The molecule has 0 spiro atoms. The minimum Gasteiger partial charge on any atom is -0.364 e. The van der Waals surface area contributed by atoms with Crippen LogP contribution in [0.5, 0.6) is 0 Å². The Balaban J connectivity index is 2.30. The largest absolute Gasteiger partial charge is 0.411 e. The Morgan fingerprint density at radius 2 is 2.17 bits per heavy atom. The van der Waals surface area contributed by atoms with Crippen molar-refractivity contribution < 1.29 is 17.9 Å². The maximum atomic E-state index is 11.7. The zero-order valence-corrected chi connectivity index (χ0v) is 6.87. The van der Waals surface area contributed by atoms with Crippen LogP contribution in [0.3, 0.4) is 0 Å². The van der Waals surface area contributed by atoms with Crippen molar-refractivity contribution in [3.8, 4) is 0 Å². The summed E-state index contributed by atoms with van der Waals surface area (Å²) in [7, 11) is 0. The summed E-state index contributed by atoms with van der Waals surface area (Å²) in [6.45, 7) is 1.78. The van der Waals surface area contributed by atoms with E-state index in [1.165, 1.54) is 0 Å². The first-order valence-corrected chi connectivity index (χ1v) is 3.83. The summed E-state index contributed by atoms with van der Waals surface area (Å²) in [4.78, 5) is 0. The smallest absolute Gasteiger partial charge is 0.364 e. The molecule has 12 heavy (non-hydrogen) atoms. The van der Waals surface area contributed by atoms with Crippen molar-refractivity contribution in [3.63, 3.8) is 0 Å². The predicted octanol–water partition coefficient (Wildman–Crippen LogP) is 1.32. The van der Waals surface area contributed by atoms with E-state index in [4.69, 9.17) is 4.74 Å². The molecule has 0 aromatic rings. The van der Waals surface area contributed by atoms with E-state index in [1.807, 2.05) is 0 Å². The highest BCUT2D eigenvalue weighted by atomic mass is 19.4. The van der Waals surface area contributed by atoms with Gasteiger partial charge in [-0.25, -0.2) is 0 Å². The lowest BCUT2D eigenvalue weighted by Gasteiger charge is -2.23. The van der Waals surface area contributed by atoms with E-state index in [0.29, 0.717) is 13.0 Å². The molecule has 1 atom stereocenters. The van der Waals surface area contributed by atoms with Crippen LogP contribution in [0.25, 0.3) is 0 Å². The summed E-state index contributed by atoms with van der Waals surface area (Å²) in [5.41, 5.74) is -0.629. The highest BCUT2D eigenvalue weighted by Crippen LogP contribution is 2.23. The van der Waals surface area contributed by atoms with Crippen molar-refractivity contribution in [2.75, 3.05) is 19.7 Å². The molecule has 1 aliphatic rings. The van der Waals surface area contributed by atoms with E-state index in [-0.39, 0.29) is 0 Å². The number of nitrogens with one attached hydrogen (secondary N) is 1. The zero-order valence-electron chi connectivity index (χ0n) is 6.87. The molecule has 0 aromatic heterocycles. The minimum absolute atomic E-state index is 0.503. The fraction of sp³-hybridized carbons (Fsp3) is 1.00. The van der Waals surface area contributed by atoms with Crippen molar-refractivity contribution in [1.82, 2.24) is 5.32 Å². The van der Waals surface area contributed by atoms with Gasteiger partial charge in [0.05, 0.1) is 5.60 Å². The Kier molecular flexibility index (Phi) is 2.63. The van der Waals surface area contributed by atoms with Gasteiger partial charge in [-0.2, -0.15) is 13.2 Å². The van der Waals surface area contributed by atoms with Gasteiger partial charge in [0.2, 0.25) is 0 Å². The van der Waals surface area contributed by atoms with Gasteiger partial charge in [-0.1, -0.05) is 0 Å². The average Bonchev–Trinajstić information content (AvgIpc) is 2.32. The Bertz CT molecular complexity index is 151. The molecule has 0 saturated carbocycles. The molecule has 1 aliphatic heterocycles. The molecule has 0 aromatic carbocycles. The first-order chi connectivity index (χ1) is 5.41. The summed E-state index contributed by atoms with van der Waals surface area (Å²) >= 11 is 0. The SMILES string of the molecule is CC1(OCC(F)(F)F)CCNC1. The fourth-order valence-electron chi connectivity index (χ4n) is 1.17. The summed E-state index contributed by atoms with van der Waals surface area (Å²) in [5.74, 6) is 0. The van der Waals surface area contributed by atoms with Crippen LogP contribution >= 0.6 is 0 Å². The van der Waals surface area contributed by atoms with Crippen molar-refractivity contribution in [2.45, 2.75) is 25.1 Å². The van der Waals surface area contributed by atoms with Gasteiger partial charge in [-0.3, -0.25) is 0 Å². The number of alkyl halides is 3. The van der Waals surface area contributed by atoms with Crippen LogP contribution in [-0.4, -0.2) is 31.5 Å². The van der Waals surface area contributed by atoms with E-state index in [9.17, 15) is 13.2 Å². The quantitative estimate of drug-likeness (QED) is 0.697. The van der Waals surface area contributed by atoms with Crippen LogP contribution in [0, 0.1) is 0 Å². The lowest BCUT2D eigenvalue weighted by Crippen LogP contribution is -2.35. The number of rotatable bonds is 2. The van der Waals surface area contributed by atoms with Gasteiger partial charge in [0, 0.05) is 6.54 Å². The molecule has 0 amide bonds. The van der Waals surface area contributed by atoms with Crippen LogP contribution in [0.4, 0.5) is 13.2 Å². The third-order valence-electron chi connectivity index (χ3n) is 1.91. The van der Waals surface area contributed by atoms with Gasteiger partial charge in [0.1, 0.15) is 6.61 Å². The average molecular weight is 183 g/mol. The third kappa shape index (κ3) is 2.98. The lowest BCUT2D eigenvalue weighted by atomic mass is 10.1. The first-order valence-electron chi connectivity index (χ1n) is 3.83. The Hall–Kier alpha value is -0.290. The molecular weight excluding hydrogens is 171 g/mol. The van der Waals surface area contributed by atoms with E-state index in [1.54, 1.807) is 6.92 Å². The van der Waals surface area contributed by atoms with Gasteiger partial charge in [-0.15, -0.1) is 0 Å². The van der Waals surface area contributed by atoms with Crippen molar-refractivity contribution >= 4 is 0 Å². The molecule has 0 bridgehead atoms. The highest BCUT2D eigenvalue weighted by Gasteiger charge is 2.35. The molecule has 1 N–H and O–H groups in total. The van der Waals surface area contributed by atoms with Crippen molar-refractivity contribution in [2.24, 2.45) is 0 Å². The van der Waals surface area contributed by atoms with Crippen molar-refractivity contribution in [1.29, 1.82) is 0 Å². The molecule has 1 unspecified atom stereocenters. The van der Waals surface area contributed by atoms with Crippen LogP contribution < -0.4 is 5.32 Å². The van der Waals surface area contributed by atoms with E-state index in [0.717, 1.165) is 6.54 Å². The Morgan fingerprint density at radius 1 is 1.50 bits per heavy atom. The Labute approximate surface area is 69.1 Å². The van der Waals surface area contributed by atoms with E-state index in [2.05, 4.69) is 5.32 Å². The molecule has 1 fully saturated rings. The normalized spacial score (nSPS) is 31.0. The summed E-state index contributed by atoms with van der Waals surface area (Å²) in [6, 6.07) is 0. The first kappa shape index (κ1) is 9.80. The molecule has 0 radical (unpaired) electrons. The third-order valence-corrected chi connectivity index (χ3v) is 1.91. The maximum Gasteiger partial charge on any atom is 0.411 e. The molecule has 2 nitrogen and oxygen atoms in total. The van der Waals surface area contributed by atoms with Gasteiger partial charge >= 0.3 is 6.18 Å². The molecule has 0 aliphatic carbocycles. The minimum atomic E-state index is -4.22. The second kappa shape index (κ2) is 3.22. The number of ether oxygens (including phenoxy) is 1. The van der Waals surface area contributed by atoms with Gasteiger partial charge < -0.3 is 10.1 Å². The molecule has 72 valence electrons. The van der Waals surface area contributed by atoms with Gasteiger partial charge in [0.15, 0.2) is 0 Å². The fourth-order valence-corrected chi connectivity index (χ4v) is 1.17. The predicted molar refractivity (Wildman–Crippen MR) is 37.9 cm³/mol. The summed E-state index contributed by atoms with van der Waals surface area (Å²) in [6.07, 6.45) is -3.57. The topological polar surface area (TPSA) is 21.3 Å². The van der Waals surface area contributed by atoms with Crippen LogP contribution in [0.1, 0.15) is 13.3 Å². The zero-order chi connectivity index (χ0) is 9.24. The van der Waals surface area contributed by atoms with Gasteiger partial charge in [0.25, 0.3) is 0 Å². The summed E-state index contributed by atoms with van der Waals surface area (Å²) in [5, 5.41) is 2.96. The maximum absolute atomic E-state index is 11.7. The lowest BCUT2D eigenvalue weighted by molar-refractivity contribution is -0.199. The molecule has 1 saturated heterocycles. The van der Waals surface area contributed by atoms with Gasteiger partial charge in [-0.05, 0) is 19.9 Å². The Morgan fingerprint density at radius 3 is 2.58 bits per heavy atom. The molecular formula is C7H12F3NO. The molecule has 1 heterocycles. The summed E-state index contributed by atoms with van der Waals surface area (Å²) < 4.78 is 40.0. The number of halogens is 3.